The smallest absolute Gasteiger partial charge is 0.189 e. The topological polar surface area (TPSA) is 54.4 Å². The summed E-state index contributed by atoms with van der Waals surface area (Å²) in [5.41, 5.74) is 0.782. The molecule has 0 aliphatic heterocycles. The van der Waals surface area contributed by atoms with Crippen molar-refractivity contribution in [3.63, 3.8) is 0 Å². The summed E-state index contributed by atoms with van der Waals surface area (Å²) in [6.07, 6.45) is 6.31. The molecule has 1 aliphatic rings. The minimum Gasteiger partial charge on any atom is -0.396 e. The number of aliphatic hydroxyl groups is 1. The normalized spacial score (nSPS) is 16.4. The molecule has 0 aromatic rings. The molecule has 1 aliphatic carbocycles. The lowest BCUT2D eigenvalue weighted by atomic mass is 9.85. The number of rotatable bonds is 6. The van der Waals surface area contributed by atoms with E-state index in [9.17, 15) is 9.59 Å². The van der Waals surface area contributed by atoms with E-state index < -0.39 is 0 Å². The maximum absolute atomic E-state index is 11.9. The highest BCUT2D eigenvalue weighted by molar-refractivity contribution is 6.21. The second-order valence-electron chi connectivity index (χ2n) is 5.38. The van der Waals surface area contributed by atoms with Crippen LogP contribution in [-0.2, 0) is 9.59 Å². The molecule has 0 unspecified atom stereocenters. The largest absolute Gasteiger partial charge is 0.396 e. The molecule has 0 bridgehead atoms. The van der Waals surface area contributed by atoms with E-state index in [1.54, 1.807) is 0 Å². The molecular formula is C15H20O3. The lowest BCUT2D eigenvalue weighted by molar-refractivity contribution is -0.115. The van der Waals surface area contributed by atoms with Gasteiger partial charge in [-0.25, -0.2) is 0 Å². The standard InChI is InChI=1S/C15H20O3/c1-4-11-8-13(17)9-12(14(11)18)6-5-7-15(2,3)10-16/h4,8-9,16H,1,5-7,10H2,2-3H3. The number of hydrogen-bond donors (Lipinski definition) is 1. The zero-order valence-corrected chi connectivity index (χ0v) is 11.0. The van der Waals surface area contributed by atoms with Gasteiger partial charge in [0.05, 0.1) is 0 Å². The van der Waals surface area contributed by atoms with E-state index >= 15 is 0 Å². The SMILES string of the molecule is C=CC1=CC(=O)C=C(CCCC(C)(C)CO)C1=O. The van der Waals surface area contributed by atoms with Crippen LogP contribution in [-0.4, -0.2) is 23.3 Å². The molecule has 0 fully saturated rings. The number of carbonyl (C=O) groups excluding carboxylic acids is 2. The molecule has 1 rings (SSSR count). The van der Waals surface area contributed by atoms with Crippen LogP contribution in [0.3, 0.4) is 0 Å². The number of hydrogen-bond acceptors (Lipinski definition) is 3. The first-order valence-corrected chi connectivity index (χ1v) is 6.14. The fourth-order valence-corrected chi connectivity index (χ4v) is 1.86. The molecular weight excluding hydrogens is 228 g/mol. The molecule has 0 atom stereocenters. The minimum atomic E-state index is -0.152. The molecule has 1 N–H and O–H groups in total. The van der Waals surface area contributed by atoms with Gasteiger partial charge in [0, 0.05) is 17.8 Å². The van der Waals surface area contributed by atoms with Crippen LogP contribution in [0.2, 0.25) is 0 Å². The quantitative estimate of drug-likeness (QED) is 0.734. The van der Waals surface area contributed by atoms with Gasteiger partial charge in [-0.05, 0) is 36.8 Å². The second-order valence-corrected chi connectivity index (χ2v) is 5.38. The van der Waals surface area contributed by atoms with Gasteiger partial charge in [-0.15, -0.1) is 0 Å². The maximum Gasteiger partial charge on any atom is 0.189 e. The van der Waals surface area contributed by atoms with Crippen molar-refractivity contribution in [2.24, 2.45) is 5.41 Å². The van der Waals surface area contributed by atoms with E-state index in [0.29, 0.717) is 17.6 Å². The summed E-state index contributed by atoms with van der Waals surface area (Å²) >= 11 is 0. The van der Waals surface area contributed by atoms with E-state index in [-0.39, 0.29) is 23.6 Å². The first kappa shape index (κ1) is 14.6. The summed E-state index contributed by atoms with van der Waals surface area (Å²) in [5.74, 6) is -0.257. The van der Waals surface area contributed by atoms with Crippen molar-refractivity contribution in [2.75, 3.05) is 6.61 Å². The van der Waals surface area contributed by atoms with Gasteiger partial charge in [0.2, 0.25) is 0 Å². The molecule has 3 nitrogen and oxygen atoms in total. The van der Waals surface area contributed by atoms with Crippen LogP contribution in [0.1, 0.15) is 33.1 Å². The molecule has 0 saturated carbocycles. The molecule has 0 aromatic carbocycles. The van der Waals surface area contributed by atoms with Gasteiger partial charge in [0.25, 0.3) is 0 Å². The predicted molar refractivity (Wildman–Crippen MR) is 71.1 cm³/mol. The number of ketones is 2. The van der Waals surface area contributed by atoms with E-state index in [1.807, 2.05) is 13.8 Å². The molecule has 18 heavy (non-hydrogen) atoms. The molecule has 0 amide bonds. The Morgan fingerprint density at radius 3 is 2.56 bits per heavy atom. The van der Waals surface area contributed by atoms with E-state index in [1.165, 1.54) is 18.2 Å². The second kappa shape index (κ2) is 5.91. The number of carbonyl (C=O) groups is 2. The molecule has 0 radical (unpaired) electrons. The van der Waals surface area contributed by atoms with Gasteiger partial charge in [0.1, 0.15) is 0 Å². The van der Waals surface area contributed by atoms with Crippen LogP contribution in [0.15, 0.2) is 36.0 Å². The third-order valence-corrected chi connectivity index (χ3v) is 3.12. The van der Waals surface area contributed by atoms with Gasteiger partial charge in [-0.2, -0.15) is 0 Å². The van der Waals surface area contributed by atoms with Crippen LogP contribution in [0.25, 0.3) is 0 Å². The van der Waals surface area contributed by atoms with Gasteiger partial charge in [-0.1, -0.05) is 26.5 Å². The van der Waals surface area contributed by atoms with Crippen molar-refractivity contribution in [3.8, 4) is 0 Å². The summed E-state index contributed by atoms with van der Waals surface area (Å²) in [4.78, 5) is 23.3. The fraction of sp³-hybridized carbons (Fsp3) is 0.467. The predicted octanol–water partition coefficient (Wildman–Crippen LogP) is 2.37. The Morgan fingerprint density at radius 2 is 2.00 bits per heavy atom. The molecule has 98 valence electrons. The van der Waals surface area contributed by atoms with Gasteiger partial charge in [0.15, 0.2) is 11.6 Å². The van der Waals surface area contributed by atoms with Crippen molar-refractivity contribution >= 4 is 11.6 Å². The third-order valence-electron chi connectivity index (χ3n) is 3.12. The molecule has 3 heteroatoms. The average Bonchev–Trinajstić information content (AvgIpc) is 2.33. The lowest BCUT2D eigenvalue weighted by Gasteiger charge is -2.21. The fourth-order valence-electron chi connectivity index (χ4n) is 1.86. The van der Waals surface area contributed by atoms with Crippen LogP contribution >= 0.6 is 0 Å². The molecule has 0 heterocycles. The van der Waals surface area contributed by atoms with Gasteiger partial charge in [-0.3, -0.25) is 9.59 Å². The minimum absolute atomic E-state index is 0.105. The monoisotopic (exact) mass is 248 g/mol. The van der Waals surface area contributed by atoms with E-state index in [4.69, 9.17) is 5.11 Å². The van der Waals surface area contributed by atoms with E-state index in [0.717, 1.165) is 12.8 Å². The third kappa shape index (κ3) is 3.77. The van der Waals surface area contributed by atoms with E-state index in [2.05, 4.69) is 6.58 Å². The zero-order chi connectivity index (χ0) is 13.8. The first-order chi connectivity index (χ1) is 8.39. The zero-order valence-electron chi connectivity index (χ0n) is 11.0. The lowest BCUT2D eigenvalue weighted by Crippen LogP contribution is -2.17. The maximum atomic E-state index is 11.9. The number of Topliss-reactive ketones (excluding diaryl/α,β-unsaturated/α-hetero) is 1. The number of allylic oxidation sites excluding steroid dienone is 5. The Morgan fingerprint density at radius 1 is 1.33 bits per heavy atom. The van der Waals surface area contributed by atoms with Crippen LogP contribution in [0, 0.1) is 5.41 Å². The summed E-state index contributed by atoms with van der Waals surface area (Å²) in [7, 11) is 0. The van der Waals surface area contributed by atoms with Crippen LogP contribution in [0.4, 0.5) is 0 Å². The van der Waals surface area contributed by atoms with Gasteiger partial charge < -0.3 is 5.11 Å². The van der Waals surface area contributed by atoms with Crippen molar-refractivity contribution in [3.05, 3.63) is 36.0 Å². The number of aliphatic hydroxyl groups excluding tert-OH is 1. The molecule has 0 saturated heterocycles. The van der Waals surface area contributed by atoms with Gasteiger partial charge >= 0.3 is 0 Å². The van der Waals surface area contributed by atoms with Crippen molar-refractivity contribution < 1.29 is 14.7 Å². The molecule has 0 spiro atoms. The summed E-state index contributed by atoms with van der Waals surface area (Å²) in [6, 6.07) is 0. The Hall–Kier alpha value is -1.48. The van der Waals surface area contributed by atoms with Crippen molar-refractivity contribution in [1.29, 1.82) is 0 Å². The van der Waals surface area contributed by atoms with Crippen LogP contribution < -0.4 is 0 Å². The highest BCUT2D eigenvalue weighted by atomic mass is 16.3. The summed E-state index contributed by atoms with van der Waals surface area (Å²) in [6.45, 7) is 7.61. The van der Waals surface area contributed by atoms with Crippen LogP contribution in [0.5, 0.6) is 0 Å². The highest BCUT2D eigenvalue weighted by Gasteiger charge is 2.21. The Balaban J connectivity index is 2.61. The average molecular weight is 248 g/mol. The van der Waals surface area contributed by atoms with Crippen molar-refractivity contribution in [1.82, 2.24) is 0 Å². The van der Waals surface area contributed by atoms with Crippen molar-refractivity contribution in [2.45, 2.75) is 33.1 Å². The summed E-state index contributed by atoms with van der Waals surface area (Å²) in [5, 5.41) is 9.15. The molecule has 0 aromatic heterocycles. The Labute approximate surface area is 108 Å². The Bertz CT molecular complexity index is 425. The Kier molecular flexibility index (Phi) is 4.79. The first-order valence-electron chi connectivity index (χ1n) is 6.14. The summed E-state index contributed by atoms with van der Waals surface area (Å²) < 4.78 is 0. The highest BCUT2D eigenvalue weighted by Crippen LogP contribution is 2.25.